The first kappa shape index (κ1) is 22.1. The Morgan fingerprint density at radius 3 is 2.43 bits per heavy atom. The highest BCUT2D eigenvalue weighted by Crippen LogP contribution is 2.23. The number of benzene rings is 2. The lowest BCUT2D eigenvalue weighted by Crippen LogP contribution is -2.43. The molecule has 152 valence electrons. The second kappa shape index (κ2) is 9.85. The molecule has 2 rings (SSSR count). The van der Waals surface area contributed by atoms with Crippen LogP contribution in [0, 0.1) is 13.8 Å². The molecule has 1 atom stereocenters. The lowest BCUT2D eigenvalue weighted by Gasteiger charge is -2.24. The summed E-state index contributed by atoms with van der Waals surface area (Å²) in [7, 11) is -3.82. The van der Waals surface area contributed by atoms with Gasteiger partial charge in [-0.3, -0.25) is 4.79 Å². The van der Waals surface area contributed by atoms with Crippen molar-refractivity contribution in [2.24, 2.45) is 0 Å². The van der Waals surface area contributed by atoms with Crippen molar-refractivity contribution in [2.45, 2.75) is 58.0 Å². The lowest BCUT2D eigenvalue weighted by atomic mass is 10.2. The molecule has 0 saturated heterocycles. The van der Waals surface area contributed by atoms with Gasteiger partial charge in [0.05, 0.1) is 11.4 Å². The molecule has 0 fully saturated rings. The highest BCUT2D eigenvalue weighted by molar-refractivity contribution is 7.89. The normalized spacial score (nSPS) is 12.8. The van der Waals surface area contributed by atoms with Gasteiger partial charge in [-0.15, -0.1) is 0 Å². The average molecular weight is 403 g/mol. The van der Waals surface area contributed by atoms with Crippen molar-refractivity contribution in [1.82, 2.24) is 9.62 Å². The fourth-order valence-electron chi connectivity index (χ4n) is 3.12. The van der Waals surface area contributed by atoms with E-state index in [1.165, 1.54) is 4.31 Å². The van der Waals surface area contributed by atoms with Crippen molar-refractivity contribution in [2.75, 3.05) is 6.54 Å². The minimum Gasteiger partial charge on any atom is -0.353 e. The summed E-state index contributed by atoms with van der Waals surface area (Å²) < 4.78 is 28.1. The average Bonchev–Trinajstić information content (AvgIpc) is 2.64. The van der Waals surface area contributed by atoms with E-state index in [1.54, 1.807) is 19.1 Å². The van der Waals surface area contributed by atoms with Crippen molar-refractivity contribution in [1.29, 1.82) is 0 Å². The Labute approximate surface area is 168 Å². The van der Waals surface area contributed by atoms with Crippen molar-refractivity contribution in [3.8, 4) is 0 Å². The van der Waals surface area contributed by atoms with Crippen LogP contribution in [-0.4, -0.2) is 31.2 Å². The number of hydrogen-bond donors (Lipinski definition) is 1. The van der Waals surface area contributed by atoms with Gasteiger partial charge in [-0.25, -0.2) is 8.42 Å². The van der Waals surface area contributed by atoms with Gasteiger partial charge in [0, 0.05) is 12.6 Å². The summed E-state index contributed by atoms with van der Waals surface area (Å²) in [6.07, 6.45) is 1.81. The molecule has 2 aromatic rings. The van der Waals surface area contributed by atoms with Gasteiger partial charge in [0.15, 0.2) is 0 Å². The molecule has 1 N–H and O–H groups in total. The molecule has 0 aliphatic heterocycles. The second-order valence-corrected chi connectivity index (χ2v) is 9.19. The summed E-state index contributed by atoms with van der Waals surface area (Å²) in [6, 6.07) is 14.7. The minimum absolute atomic E-state index is 0.0134. The number of hydrogen-bond acceptors (Lipinski definition) is 3. The SMILES string of the molecule is CCC[C@@H](C)NC(=O)CN(Cc1ccccc1)S(=O)(=O)c1cc(C)ccc1C. The van der Waals surface area contributed by atoms with E-state index in [1.807, 2.05) is 50.2 Å². The summed E-state index contributed by atoms with van der Waals surface area (Å²) in [5.74, 6) is -0.286. The molecule has 28 heavy (non-hydrogen) atoms. The van der Waals surface area contributed by atoms with Gasteiger partial charge >= 0.3 is 0 Å². The number of rotatable bonds is 9. The summed E-state index contributed by atoms with van der Waals surface area (Å²) in [6.45, 7) is 7.55. The molecule has 0 aromatic heterocycles. The second-order valence-electron chi connectivity index (χ2n) is 7.28. The Balaban J connectivity index is 2.34. The maximum Gasteiger partial charge on any atom is 0.244 e. The summed E-state index contributed by atoms with van der Waals surface area (Å²) in [5, 5.41) is 2.90. The molecule has 5 nitrogen and oxygen atoms in total. The number of nitrogens with one attached hydrogen (secondary N) is 1. The number of amides is 1. The molecule has 0 aliphatic carbocycles. The number of carbonyl (C=O) groups is 1. The maximum absolute atomic E-state index is 13.4. The first-order valence-corrected chi connectivity index (χ1v) is 11.1. The van der Waals surface area contributed by atoms with E-state index < -0.39 is 10.0 Å². The highest BCUT2D eigenvalue weighted by Gasteiger charge is 2.28. The molecular formula is C22H30N2O3S. The van der Waals surface area contributed by atoms with Crippen LogP contribution in [-0.2, 0) is 21.4 Å². The molecule has 0 bridgehead atoms. The molecule has 2 aromatic carbocycles. The van der Waals surface area contributed by atoms with E-state index in [2.05, 4.69) is 12.2 Å². The van der Waals surface area contributed by atoms with Crippen LogP contribution in [0.2, 0.25) is 0 Å². The van der Waals surface area contributed by atoms with Crippen LogP contribution in [0.15, 0.2) is 53.4 Å². The highest BCUT2D eigenvalue weighted by atomic mass is 32.2. The summed E-state index contributed by atoms with van der Waals surface area (Å²) in [5.41, 5.74) is 2.37. The van der Waals surface area contributed by atoms with Crippen LogP contribution >= 0.6 is 0 Å². The third kappa shape index (κ3) is 5.91. The summed E-state index contributed by atoms with van der Waals surface area (Å²) in [4.78, 5) is 12.8. The third-order valence-electron chi connectivity index (χ3n) is 4.61. The maximum atomic E-state index is 13.4. The van der Waals surface area contributed by atoms with E-state index in [9.17, 15) is 13.2 Å². The van der Waals surface area contributed by atoms with Gasteiger partial charge in [-0.1, -0.05) is 55.8 Å². The van der Waals surface area contributed by atoms with Gasteiger partial charge in [0.1, 0.15) is 0 Å². The Morgan fingerprint density at radius 1 is 1.11 bits per heavy atom. The molecule has 0 spiro atoms. The third-order valence-corrected chi connectivity index (χ3v) is 6.55. The standard InChI is InChI=1S/C22H30N2O3S/c1-5-9-19(4)23-22(25)16-24(15-20-10-7-6-8-11-20)28(26,27)21-14-17(2)12-13-18(21)3/h6-8,10-14,19H,5,9,15-16H2,1-4H3,(H,23,25)/t19-/m1/s1. The number of nitrogens with zero attached hydrogens (tertiary/aromatic N) is 1. The number of aryl methyl sites for hydroxylation is 2. The quantitative estimate of drug-likeness (QED) is 0.694. The van der Waals surface area contributed by atoms with Crippen LogP contribution < -0.4 is 5.32 Å². The van der Waals surface area contributed by atoms with Gasteiger partial charge < -0.3 is 5.32 Å². The fourth-order valence-corrected chi connectivity index (χ4v) is 4.82. The largest absolute Gasteiger partial charge is 0.353 e. The molecule has 0 heterocycles. The molecule has 6 heteroatoms. The van der Waals surface area contributed by atoms with Crippen molar-refractivity contribution < 1.29 is 13.2 Å². The Bertz CT molecular complexity index is 895. The van der Waals surface area contributed by atoms with Gasteiger partial charge in [0.2, 0.25) is 15.9 Å². The first-order chi connectivity index (χ1) is 13.2. The molecule has 0 saturated carbocycles. The molecule has 1 amide bonds. The van der Waals surface area contributed by atoms with Crippen molar-refractivity contribution in [3.05, 3.63) is 65.2 Å². The van der Waals surface area contributed by atoms with E-state index in [0.29, 0.717) is 5.56 Å². The van der Waals surface area contributed by atoms with Gasteiger partial charge in [0.25, 0.3) is 0 Å². The Kier molecular flexibility index (Phi) is 7.78. The van der Waals surface area contributed by atoms with Crippen molar-refractivity contribution >= 4 is 15.9 Å². The smallest absolute Gasteiger partial charge is 0.244 e. The zero-order valence-corrected chi connectivity index (χ0v) is 17.9. The van der Waals surface area contributed by atoms with Crippen LogP contribution in [0.3, 0.4) is 0 Å². The number of sulfonamides is 1. The van der Waals surface area contributed by atoms with E-state index in [4.69, 9.17) is 0 Å². The van der Waals surface area contributed by atoms with E-state index in [0.717, 1.165) is 24.0 Å². The van der Waals surface area contributed by atoms with Gasteiger partial charge in [-0.2, -0.15) is 4.31 Å². The fraction of sp³-hybridized carbons (Fsp3) is 0.409. The molecule has 0 aliphatic rings. The molecular weight excluding hydrogens is 372 g/mol. The van der Waals surface area contributed by atoms with Crippen molar-refractivity contribution in [3.63, 3.8) is 0 Å². The number of carbonyl (C=O) groups excluding carboxylic acids is 1. The van der Waals surface area contributed by atoms with Crippen LogP contribution in [0.4, 0.5) is 0 Å². The van der Waals surface area contributed by atoms with Crippen LogP contribution in [0.1, 0.15) is 43.4 Å². The summed E-state index contributed by atoms with van der Waals surface area (Å²) >= 11 is 0. The van der Waals surface area contributed by atoms with Crippen LogP contribution in [0.25, 0.3) is 0 Å². The monoisotopic (exact) mass is 402 g/mol. The predicted molar refractivity (Wildman–Crippen MR) is 112 cm³/mol. The minimum atomic E-state index is -3.82. The zero-order chi connectivity index (χ0) is 20.7. The van der Waals surface area contributed by atoms with E-state index in [-0.39, 0.29) is 29.9 Å². The first-order valence-electron chi connectivity index (χ1n) is 9.64. The topological polar surface area (TPSA) is 66.5 Å². The lowest BCUT2D eigenvalue weighted by molar-refractivity contribution is -0.122. The van der Waals surface area contributed by atoms with Crippen LogP contribution in [0.5, 0.6) is 0 Å². The molecule has 0 radical (unpaired) electrons. The molecule has 0 unspecified atom stereocenters. The Morgan fingerprint density at radius 2 is 1.79 bits per heavy atom. The predicted octanol–water partition coefficient (Wildman–Crippen LogP) is 3.80. The van der Waals surface area contributed by atoms with Gasteiger partial charge in [-0.05, 0) is 49.9 Å². The van der Waals surface area contributed by atoms with E-state index >= 15 is 0 Å². The Hall–Kier alpha value is -2.18. The zero-order valence-electron chi connectivity index (χ0n) is 17.1.